The van der Waals surface area contributed by atoms with Crippen molar-refractivity contribution in [1.82, 2.24) is 4.98 Å². The number of carbonyl (C=O) groups excluding carboxylic acids is 2. The van der Waals surface area contributed by atoms with E-state index in [4.69, 9.17) is 14.5 Å². The lowest BCUT2D eigenvalue weighted by Gasteiger charge is -2.17. The van der Waals surface area contributed by atoms with Gasteiger partial charge in [0.25, 0.3) is 0 Å². The lowest BCUT2D eigenvalue weighted by Crippen LogP contribution is -2.24. The molecule has 0 fully saturated rings. The molecule has 5 heteroatoms. The molecule has 1 aromatic heterocycles. The zero-order chi connectivity index (χ0) is 21.8. The summed E-state index contributed by atoms with van der Waals surface area (Å²) in [6.07, 6.45) is 10.0. The molecule has 1 aliphatic carbocycles. The number of methoxy groups -OCH3 is 1. The third-order valence-electron chi connectivity index (χ3n) is 6.22. The van der Waals surface area contributed by atoms with E-state index in [-0.39, 0.29) is 30.0 Å². The molecule has 1 aromatic rings. The Hall–Kier alpha value is -1.75. The molecule has 0 saturated heterocycles. The number of Topliss-reactive ketones (excluding diaryl/α,β-unsaturated/α-hetero) is 1. The van der Waals surface area contributed by atoms with Gasteiger partial charge in [-0.25, -0.2) is 0 Å². The van der Waals surface area contributed by atoms with Crippen molar-refractivity contribution in [2.45, 2.75) is 84.5 Å². The Balaban J connectivity index is 1.65. The molecule has 0 aromatic carbocycles. The molecule has 0 N–H and O–H groups in total. The molecule has 0 saturated carbocycles. The second-order valence-electron chi connectivity index (χ2n) is 8.38. The Kier molecular flexibility index (Phi) is 11.1. The summed E-state index contributed by atoms with van der Waals surface area (Å²) in [4.78, 5) is 29.3. The predicted octanol–water partition coefficient (Wildman–Crippen LogP) is 4.87. The Labute approximate surface area is 181 Å². The molecule has 0 bridgehead atoms. The van der Waals surface area contributed by atoms with E-state index in [0.717, 1.165) is 44.2 Å². The van der Waals surface area contributed by atoms with Crippen LogP contribution in [0.3, 0.4) is 0 Å². The summed E-state index contributed by atoms with van der Waals surface area (Å²) in [6.45, 7) is 5.33. The Morgan fingerprint density at radius 1 is 1.03 bits per heavy atom. The summed E-state index contributed by atoms with van der Waals surface area (Å²) in [5.41, 5.74) is 3.87. The van der Waals surface area contributed by atoms with Crippen molar-refractivity contribution in [2.24, 2.45) is 11.8 Å². The molecule has 30 heavy (non-hydrogen) atoms. The van der Waals surface area contributed by atoms with E-state index in [1.165, 1.54) is 37.6 Å². The Morgan fingerprint density at radius 2 is 1.77 bits per heavy atom. The maximum Gasteiger partial charge on any atom is 0.309 e. The van der Waals surface area contributed by atoms with E-state index in [0.29, 0.717) is 19.6 Å². The number of ketones is 1. The Morgan fingerprint density at radius 3 is 2.50 bits per heavy atom. The average Bonchev–Trinajstić information content (AvgIpc) is 2.77. The summed E-state index contributed by atoms with van der Waals surface area (Å²) in [7, 11) is 1.39. The number of hydrogen-bond acceptors (Lipinski definition) is 5. The molecule has 5 nitrogen and oxygen atoms in total. The fraction of sp³-hybridized carbons (Fsp3) is 0.720. The highest BCUT2D eigenvalue weighted by atomic mass is 16.5. The summed E-state index contributed by atoms with van der Waals surface area (Å²) < 4.78 is 10.7. The number of carbonyl (C=O) groups is 2. The third kappa shape index (κ3) is 7.82. The van der Waals surface area contributed by atoms with E-state index < -0.39 is 0 Å². The first-order valence-corrected chi connectivity index (χ1v) is 11.7. The lowest BCUT2D eigenvalue weighted by atomic mass is 9.89. The van der Waals surface area contributed by atoms with E-state index in [9.17, 15) is 9.59 Å². The largest absolute Gasteiger partial charge is 0.469 e. The monoisotopic (exact) mass is 417 g/mol. The number of rotatable bonds is 14. The van der Waals surface area contributed by atoms with Crippen LogP contribution in [0.25, 0.3) is 0 Å². The van der Waals surface area contributed by atoms with Crippen LogP contribution in [0.1, 0.15) is 82.2 Å². The van der Waals surface area contributed by atoms with Crippen LogP contribution in [0.5, 0.6) is 0 Å². The van der Waals surface area contributed by atoms with Gasteiger partial charge in [0.05, 0.1) is 13.0 Å². The maximum atomic E-state index is 12.4. The van der Waals surface area contributed by atoms with Gasteiger partial charge in [-0.05, 0) is 75.8 Å². The van der Waals surface area contributed by atoms with Gasteiger partial charge < -0.3 is 9.47 Å². The number of hydrogen-bond donors (Lipinski definition) is 0. The number of aromatic nitrogens is 1. The normalized spacial score (nSPS) is 14.4. The second kappa shape index (κ2) is 13.5. The fourth-order valence-corrected chi connectivity index (χ4v) is 4.28. The smallest absolute Gasteiger partial charge is 0.309 e. The van der Waals surface area contributed by atoms with Crippen molar-refractivity contribution in [3.8, 4) is 0 Å². The molecular weight excluding hydrogens is 378 g/mol. The van der Waals surface area contributed by atoms with Crippen LogP contribution < -0.4 is 0 Å². The minimum absolute atomic E-state index is 0.0469. The summed E-state index contributed by atoms with van der Waals surface area (Å²) in [5, 5.41) is 0. The molecule has 0 aliphatic heterocycles. The van der Waals surface area contributed by atoms with Gasteiger partial charge in [0.15, 0.2) is 0 Å². The van der Waals surface area contributed by atoms with Crippen molar-refractivity contribution in [3.63, 3.8) is 0 Å². The van der Waals surface area contributed by atoms with Crippen LogP contribution >= 0.6 is 0 Å². The van der Waals surface area contributed by atoms with Crippen molar-refractivity contribution < 1.29 is 19.1 Å². The summed E-state index contributed by atoms with van der Waals surface area (Å²) in [6, 6.07) is 4.40. The Bertz CT molecular complexity index is 669. The van der Waals surface area contributed by atoms with Crippen LogP contribution in [-0.4, -0.2) is 37.1 Å². The second-order valence-corrected chi connectivity index (χ2v) is 8.38. The molecule has 2 rings (SSSR count). The van der Waals surface area contributed by atoms with Gasteiger partial charge in [-0.2, -0.15) is 0 Å². The van der Waals surface area contributed by atoms with E-state index in [2.05, 4.69) is 12.1 Å². The third-order valence-corrected chi connectivity index (χ3v) is 6.22. The van der Waals surface area contributed by atoms with Gasteiger partial charge in [-0.1, -0.05) is 19.9 Å². The highest BCUT2D eigenvalue weighted by Gasteiger charge is 2.25. The van der Waals surface area contributed by atoms with Gasteiger partial charge in [-0.15, -0.1) is 0 Å². The molecule has 1 aliphatic rings. The maximum absolute atomic E-state index is 12.4. The topological polar surface area (TPSA) is 65.5 Å². The molecule has 168 valence electrons. The number of pyridine rings is 1. The lowest BCUT2D eigenvalue weighted by molar-refractivity contribution is -0.148. The number of fused-ring (bicyclic) bond motifs is 1. The first kappa shape index (κ1) is 24.5. The first-order valence-electron chi connectivity index (χ1n) is 11.7. The SMILES string of the molecule is CCC(CC)C(=O)C[C@@H](CCCOCCCc1ccc2c(n1)CCCC2)C(=O)OC. The molecule has 0 amide bonds. The highest BCUT2D eigenvalue weighted by molar-refractivity contribution is 5.86. The van der Waals surface area contributed by atoms with Crippen LogP contribution in [0.2, 0.25) is 0 Å². The van der Waals surface area contributed by atoms with E-state index in [1.54, 1.807) is 0 Å². The standard InChI is InChI=1S/C25H39NO4/c1-4-19(5-2)24(27)18-21(25(28)29-3)11-8-16-30-17-9-12-22-15-14-20-10-6-7-13-23(20)26-22/h14-15,19,21H,4-13,16-18H2,1-3H3/t21-/m1/s1. The van der Waals surface area contributed by atoms with Crippen molar-refractivity contribution in [3.05, 3.63) is 29.1 Å². The summed E-state index contributed by atoms with van der Waals surface area (Å²) in [5.74, 6) is -0.418. The highest BCUT2D eigenvalue weighted by Crippen LogP contribution is 2.21. The van der Waals surface area contributed by atoms with Crippen LogP contribution in [0, 0.1) is 11.8 Å². The molecule has 0 radical (unpaired) electrons. The molecule has 1 atom stereocenters. The number of esters is 1. The number of ether oxygens (including phenoxy) is 2. The first-order chi connectivity index (χ1) is 14.6. The fourth-order valence-electron chi connectivity index (χ4n) is 4.28. The predicted molar refractivity (Wildman–Crippen MR) is 118 cm³/mol. The quantitative estimate of drug-likeness (QED) is 0.319. The van der Waals surface area contributed by atoms with Crippen LogP contribution in [0.4, 0.5) is 0 Å². The van der Waals surface area contributed by atoms with Gasteiger partial charge in [0, 0.05) is 36.9 Å². The zero-order valence-electron chi connectivity index (χ0n) is 19.1. The number of nitrogens with zero attached hydrogens (tertiary/aromatic N) is 1. The van der Waals surface area contributed by atoms with Crippen LogP contribution in [0.15, 0.2) is 12.1 Å². The zero-order valence-corrected chi connectivity index (χ0v) is 19.1. The van der Waals surface area contributed by atoms with Gasteiger partial charge in [-0.3, -0.25) is 14.6 Å². The molecule has 0 unspecified atom stereocenters. The number of aryl methyl sites for hydroxylation is 3. The average molecular weight is 418 g/mol. The van der Waals surface area contributed by atoms with Crippen molar-refractivity contribution >= 4 is 11.8 Å². The molecule has 0 spiro atoms. The van der Waals surface area contributed by atoms with Crippen molar-refractivity contribution in [1.29, 1.82) is 0 Å². The molecular formula is C25H39NO4. The van der Waals surface area contributed by atoms with Crippen molar-refractivity contribution in [2.75, 3.05) is 20.3 Å². The van der Waals surface area contributed by atoms with Crippen LogP contribution in [-0.2, 0) is 38.3 Å². The van der Waals surface area contributed by atoms with Gasteiger partial charge >= 0.3 is 5.97 Å². The molecule has 1 heterocycles. The minimum atomic E-state index is -0.355. The van der Waals surface area contributed by atoms with Gasteiger partial charge in [0.2, 0.25) is 0 Å². The van der Waals surface area contributed by atoms with Gasteiger partial charge in [0.1, 0.15) is 5.78 Å². The summed E-state index contributed by atoms with van der Waals surface area (Å²) >= 11 is 0. The van der Waals surface area contributed by atoms with E-state index >= 15 is 0 Å². The van der Waals surface area contributed by atoms with E-state index in [1.807, 2.05) is 13.8 Å². The minimum Gasteiger partial charge on any atom is -0.469 e.